The smallest absolute Gasteiger partial charge is 0.287 e. The summed E-state index contributed by atoms with van der Waals surface area (Å²) in [4.78, 5) is 19.1. The number of hydrogen-bond acceptors (Lipinski definition) is 3. The van der Waals surface area contributed by atoms with Gasteiger partial charge in [-0.05, 0) is 12.1 Å². The van der Waals surface area contributed by atoms with Crippen LogP contribution in [0, 0.1) is 5.41 Å². The van der Waals surface area contributed by atoms with Gasteiger partial charge in [0.15, 0.2) is 5.82 Å². The van der Waals surface area contributed by atoms with E-state index >= 15 is 0 Å². The molecule has 1 aromatic heterocycles. The fourth-order valence-electron chi connectivity index (χ4n) is 1.52. The van der Waals surface area contributed by atoms with E-state index in [-0.39, 0.29) is 17.9 Å². The maximum atomic E-state index is 11.9. The normalized spacial score (nSPS) is 11.7. The van der Waals surface area contributed by atoms with Crippen molar-refractivity contribution < 1.29 is 9.90 Å². The summed E-state index contributed by atoms with van der Waals surface area (Å²) in [6, 6.07) is 7.48. The number of fused-ring (bicyclic) bond motifs is 1. The summed E-state index contributed by atoms with van der Waals surface area (Å²) in [6.07, 6.45) is 0. The first-order valence-electron chi connectivity index (χ1n) is 5.86. The lowest BCUT2D eigenvalue weighted by Gasteiger charge is -2.21. The van der Waals surface area contributed by atoms with Crippen molar-refractivity contribution in [1.29, 1.82) is 0 Å². The molecule has 2 rings (SSSR count). The quantitative estimate of drug-likeness (QED) is 0.762. The Labute approximate surface area is 105 Å². The molecule has 1 heterocycles. The van der Waals surface area contributed by atoms with Crippen molar-refractivity contribution in [2.45, 2.75) is 13.8 Å². The van der Waals surface area contributed by atoms with Crippen LogP contribution in [-0.4, -0.2) is 34.1 Å². The third-order valence-corrected chi connectivity index (χ3v) is 2.76. The SMILES string of the molecule is CC(C)(CO)CNC(=O)c1nc2ccccc2[nH]1. The standard InChI is InChI=1S/C13H17N3O2/c1-13(2,8-17)7-14-12(18)11-15-9-5-3-4-6-10(9)16-11/h3-6,17H,7-8H2,1-2H3,(H,14,18)(H,15,16). The lowest BCUT2D eigenvalue weighted by Crippen LogP contribution is -2.36. The van der Waals surface area contributed by atoms with Crippen molar-refractivity contribution in [1.82, 2.24) is 15.3 Å². The van der Waals surface area contributed by atoms with E-state index in [0.29, 0.717) is 12.4 Å². The lowest BCUT2D eigenvalue weighted by molar-refractivity contribution is 0.0902. The highest BCUT2D eigenvalue weighted by atomic mass is 16.3. The van der Waals surface area contributed by atoms with Gasteiger partial charge in [0.2, 0.25) is 0 Å². The number of para-hydroxylation sites is 2. The summed E-state index contributed by atoms with van der Waals surface area (Å²) >= 11 is 0. The third kappa shape index (κ3) is 2.68. The first kappa shape index (κ1) is 12.6. The number of carbonyl (C=O) groups is 1. The van der Waals surface area contributed by atoms with Crippen molar-refractivity contribution in [3.63, 3.8) is 0 Å². The number of nitrogens with zero attached hydrogens (tertiary/aromatic N) is 1. The number of aliphatic hydroxyl groups excluding tert-OH is 1. The van der Waals surface area contributed by atoms with Crippen molar-refractivity contribution in [2.24, 2.45) is 5.41 Å². The molecule has 0 radical (unpaired) electrons. The molecule has 2 aromatic rings. The second kappa shape index (κ2) is 4.78. The van der Waals surface area contributed by atoms with Crippen LogP contribution >= 0.6 is 0 Å². The molecule has 0 spiro atoms. The minimum absolute atomic E-state index is 0.0212. The number of nitrogens with one attached hydrogen (secondary N) is 2. The predicted octanol–water partition coefficient (Wildman–Crippen LogP) is 1.31. The molecule has 3 N–H and O–H groups in total. The summed E-state index contributed by atoms with van der Waals surface area (Å²) in [6.45, 7) is 4.19. The van der Waals surface area contributed by atoms with Crippen LogP contribution < -0.4 is 5.32 Å². The second-order valence-corrected chi connectivity index (χ2v) is 5.11. The Balaban J connectivity index is 2.09. The Hall–Kier alpha value is -1.88. The van der Waals surface area contributed by atoms with Gasteiger partial charge in [0.1, 0.15) is 0 Å². The lowest BCUT2D eigenvalue weighted by atomic mass is 9.95. The zero-order valence-electron chi connectivity index (χ0n) is 10.5. The topological polar surface area (TPSA) is 78.0 Å². The van der Waals surface area contributed by atoms with Crippen LogP contribution in [0.1, 0.15) is 24.5 Å². The van der Waals surface area contributed by atoms with E-state index in [9.17, 15) is 4.79 Å². The highest BCUT2D eigenvalue weighted by molar-refractivity contribution is 5.94. The Morgan fingerprint density at radius 1 is 1.44 bits per heavy atom. The van der Waals surface area contributed by atoms with Gasteiger partial charge < -0.3 is 15.4 Å². The number of aromatic nitrogens is 2. The van der Waals surface area contributed by atoms with Crippen molar-refractivity contribution in [2.75, 3.05) is 13.2 Å². The summed E-state index contributed by atoms with van der Waals surface area (Å²) in [5, 5.41) is 11.9. The van der Waals surface area contributed by atoms with Gasteiger partial charge in [-0.25, -0.2) is 4.98 Å². The molecule has 0 aliphatic heterocycles. The first-order valence-corrected chi connectivity index (χ1v) is 5.86. The van der Waals surface area contributed by atoms with E-state index in [2.05, 4.69) is 15.3 Å². The molecule has 0 saturated carbocycles. The molecular formula is C13H17N3O2. The molecule has 5 nitrogen and oxygen atoms in total. The van der Waals surface area contributed by atoms with Crippen LogP contribution in [0.5, 0.6) is 0 Å². The molecule has 0 bridgehead atoms. The minimum Gasteiger partial charge on any atom is -0.396 e. The Morgan fingerprint density at radius 2 is 2.17 bits per heavy atom. The molecule has 0 unspecified atom stereocenters. The number of amides is 1. The van der Waals surface area contributed by atoms with Crippen molar-refractivity contribution in [3.05, 3.63) is 30.1 Å². The number of benzene rings is 1. The van der Waals surface area contributed by atoms with Crippen molar-refractivity contribution >= 4 is 16.9 Å². The zero-order chi connectivity index (χ0) is 13.2. The minimum atomic E-state index is -0.332. The Kier molecular flexibility index (Phi) is 3.34. The van der Waals surface area contributed by atoms with Crippen LogP contribution in [0.25, 0.3) is 11.0 Å². The molecule has 5 heteroatoms. The number of aromatic amines is 1. The maximum Gasteiger partial charge on any atom is 0.287 e. The highest BCUT2D eigenvalue weighted by Gasteiger charge is 2.19. The largest absolute Gasteiger partial charge is 0.396 e. The Morgan fingerprint density at radius 3 is 2.83 bits per heavy atom. The molecule has 0 fully saturated rings. The van der Waals surface area contributed by atoms with Crippen LogP contribution in [0.3, 0.4) is 0 Å². The molecule has 18 heavy (non-hydrogen) atoms. The van der Waals surface area contributed by atoms with Crippen molar-refractivity contribution in [3.8, 4) is 0 Å². The number of imidazole rings is 1. The number of hydrogen-bond donors (Lipinski definition) is 3. The number of H-pyrrole nitrogens is 1. The number of carbonyl (C=O) groups excluding carboxylic acids is 1. The van der Waals surface area contributed by atoms with Gasteiger partial charge in [0.25, 0.3) is 5.91 Å². The van der Waals surface area contributed by atoms with E-state index in [1.54, 1.807) is 0 Å². The number of aliphatic hydroxyl groups is 1. The summed E-state index contributed by atoms with van der Waals surface area (Å²) < 4.78 is 0. The maximum absolute atomic E-state index is 11.9. The highest BCUT2D eigenvalue weighted by Crippen LogP contribution is 2.13. The van der Waals surface area contributed by atoms with E-state index in [4.69, 9.17) is 5.11 Å². The van der Waals surface area contributed by atoms with E-state index in [1.807, 2.05) is 38.1 Å². The molecule has 1 aromatic carbocycles. The molecule has 0 atom stereocenters. The molecule has 0 saturated heterocycles. The van der Waals surface area contributed by atoms with E-state index in [1.165, 1.54) is 0 Å². The average molecular weight is 247 g/mol. The monoisotopic (exact) mass is 247 g/mol. The Bertz CT molecular complexity index is 527. The van der Waals surface area contributed by atoms with Crippen LogP contribution in [0.4, 0.5) is 0 Å². The fourth-order valence-corrected chi connectivity index (χ4v) is 1.52. The third-order valence-electron chi connectivity index (χ3n) is 2.76. The van der Waals surface area contributed by atoms with Gasteiger partial charge >= 0.3 is 0 Å². The summed E-state index contributed by atoms with van der Waals surface area (Å²) in [7, 11) is 0. The van der Waals surface area contributed by atoms with E-state index < -0.39 is 0 Å². The van der Waals surface area contributed by atoms with Crippen LogP contribution in [0.15, 0.2) is 24.3 Å². The second-order valence-electron chi connectivity index (χ2n) is 5.11. The molecule has 96 valence electrons. The molecular weight excluding hydrogens is 230 g/mol. The van der Waals surface area contributed by atoms with Gasteiger partial charge in [0, 0.05) is 18.6 Å². The van der Waals surface area contributed by atoms with Gasteiger partial charge in [-0.3, -0.25) is 4.79 Å². The number of rotatable bonds is 4. The summed E-state index contributed by atoms with van der Waals surface area (Å²) in [5.74, 6) is 0.0395. The molecule has 0 aliphatic carbocycles. The van der Waals surface area contributed by atoms with Gasteiger partial charge in [-0.1, -0.05) is 26.0 Å². The van der Waals surface area contributed by atoms with Gasteiger partial charge in [-0.15, -0.1) is 0 Å². The van der Waals surface area contributed by atoms with Gasteiger partial charge in [-0.2, -0.15) is 0 Å². The van der Waals surface area contributed by atoms with Gasteiger partial charge in [0.05, 0.1) is 11.0 Å². The average Bonchev–Trinajstić information content (AvgIpc) is 2.80. The zero-order valence-corrected chi connectivity index (χ0v) is 10.5. The summed E-state index contributed by atoms with van der Waals surface area (Å²) in [5.41, 5.74) is 1.27. The predicted molar refractivity (Wildman–Crippen MR) is 69.3 cm³/mol. The van der Waals surface area contributed by atoms with Crippen LogP contribution in [-0.2, 0) is 0 Å². The van der Waals surface area contributed by atoms with Crippen LogP contribution in [0.2, 0.25) is 0 Å². The van der Waals surface area contributed by atoms with E-state index in [0.717, 1.165) is 11.0 Å². The molecule has 0 aliphatic rings. The fraction of sp³-hybridized carbons (Fsp3) is 0.385. The first-order chi connectivity index (χ1) is 8.52. The molecule has 1 amide bonds.